The van der Waals surface area contributed by atoms with Crippen LogP contribution in [0.25, 0.3) is 0 Å². The second-order valence-electron chi connectivity index (χ2n) is 5.28. The summed E-state index contributed by atoms with van der Waals surface area (Å²) in [7, 11) is 0. The van der Waals surface area contributed by atoms with E-state index in [1.165, 1.54) is 0 Å². The molecule has 0 unspecified atom stereocenters. The lowest BCUT2D eigenvalue weighted by Gasteiger charge is -2.29. The van der Waals surface area contributed by atoms with E-state index in [0.717, 1.165) is 10.7 Å². The molecular formula is C13H21N3S2. The molecule has 1 rings (SSSR count). The third-order valence-electron chi connectivity index (χ3n) is 2.85. The van der Waals surface area contributed by atoms with E-state index >= 15 is 0 Å². The van der Waals surface area contributed by atoms with Gasteiger partial charge in [0.25, 0.3) is 0 Å². The lowest BCUT2D eigenvalue weighted by atomic mass is 9.88. The minimum atomic E-state index is 0.173. The number of nitrogens with zero attached hydrogens (tertiary/aromatic N) is 1. The number of anilines is 1. The number of hydrogen-bond acceptors (Lipinski definition) is 3. The van der Waals surface area contributed by atoms with E-state index in [1.807, 2.05) is 18.4 Å². The fourth-order valence-electron chi connectivity index (χ4n) is 1.16. The lowest BCUT2D eigenvalue weighted by Crippen LogP contribution is -2.43. The number of nitrogens with one attached hydrogen (secondary N) is 2. The standard InChI is InChI=1S/C13H21N3S2/c1-9(13(2,3)4)15-12(17)16-10-6-7-11(18-5)14-8-10/h6-9H,1-5H3,(H2,15,16,17)/t9-/m0/s1. The third kappa shape index (κ3) is 4.82. The quantitative estimate of drug-likeness (QED) is 0.656. The Labute approximate surface area is 119 Å². The summed E-state index contributed by atoms with van der Waals surface area (Å²) < 4.78 is 0. The van der Waals surface area contributed by atoms with Gasteiger partial charge in [0, 0.05) is 6.04 Å². The Morgan fingerprint density at radius 1 is 1.39 bits per heavy atom. The molecule has 0 amide bonds. The Morgan fingerprint density at radius 2 is 2.06 bits per heavy atom. The van der Waals surface area contributed by atoms with E-state index in [0.29, 0.717) is 11.2 Å². The van der Waals surface area contributed by atoms with Gasteiger partial charge in [-0.05, 0) is 42.9 Å². The summed E-state index contributed by atoms with van der Waals surface area (Å²) in [5.74, 6) is 0. The van der Waals surface area contributed by atoms with Crippen LogP contribution >= 0.6 is 24.0 Å². The average molecular weight is 283 g/mol. The molecule has 1 heterocycles. The first kappa shape index (κ1) is 15.2. The molecule has 2 N–H and O–H groups in total. The first-order valence-corrected chi connectivity index (χ1v) is 7.54. The normalized spacial score (nSPS) is 12.9. The summed E-state index contributed by atoms with van der Waals surface area (Å²) in [5, 5.41) is 8.07. The highest BCUT2D eigenvalue weighted by atomic mass is 32.2. The molecule has 18 heavy (non-hydrogen) atoms. The van der Waals surface area contributed by atoms with E-state index in [2.05, 4.69) is 43.3 Å². The molecule has 100 valence electrons. The second kappa shape index (κ2) is 6.38. The number of pyridine rings is 1. The highest BCUT2D eigenvalue weighted by Crippen LogP contribution is 2.19. The minimum absolute atomic E-state index is 0.173. The van der Waals surface area contributed by atoms with Crippen LogP contribution < -0.4 is 10.6 Å². The van der Waals surface area contributed by atoms with Crippen molar-refractivity contribution in [2.45, 2.75) is 38.8 Å². The largest absolute Gasteiger partial charge is 0.359 e. The van der Waals surface area contributed by atoms with Crippen LogP contribution in [-0.2, 0) is 0 Å². The van der Waals surface area contributed by atoms with Crippen molar-refractivity contribution in [2.75, 3.05) is 11.6 Å². The van der Waals surface area contributed by atoms with Crippen LogP contribution in [-0.4, -0.2) is 22.4 Å². The summed E-state index contributed by atoms with van der Waals surface area (Å²) in [6.45, 7) is 8.68. The van der Waals surface area contributed by atoms with Crippen LogP contribution in [0.15, 0.2) is 23.4 Å². The molecule has 0 aliphatic heterocycles. The van der Waals surface area contributed by atoms with E-state index < -0.39 is 0 Å². The molecule has 1 aromatic heterocycles. The molecule has 0 saturated heterocycles. The number of hydrogen-bond donors (Lipinski definition) is 2. The lowest BCUT2D eigenvalue weighted by molar-refractivity contribution is 0.317. The SMILES string of the molecule is CSc1ccc(NC(=S)N[C@@H](C)C(C)(C)C)cn1. The van der Waals surface area contributed by atoms with Gasteiger partial charge in [0.15, 0.2) is 5.11 Å². The molecule has 1 aromatic rings. The maximum Gasteiger partial charge on any atom is 0.171 e. The zero-order valence-electron chi connectivity index (χ0n) is 11.6. The average Bonchev–Trinajstić information content (AvgIpc) is 2.28. The number of thiocarbonyl (C=S) groups is 1. The van der Waals surface area contributed by atoms with Crippen molar-refractivity contribution in [3.8, 4) is 0 Å². The first-order chi connectivity index (χ1) is 8.32. The molecule has 0 aromatic carbocycles. The maximum atomic E-state index is 5.29. The fourth-order valence-corrected chi connectivity index (χ4v) is 1.81. The van der Waals surface area contributed by atoms with Gasteiger partial charge < -0.3 is 10.6 Å². The minimum Gasteiger partial charge on any atom is -0.359 e. The summed E-state index contributed by atoms with van der Waals surface area (Å²) in [4.78, 5) is 4.29. The molecule has 0 aliphatic carbocycles. The Morgan fingerprint density at radius 3 is 2.50 bits per heavy atom. The van der Waals surface area contributed by atoms with Gasteiger partial charge in [0.05, 0.1) is 16.9 Å². The predicted molar refractivity (Wildman–Crippen MR) is 84.3 cm³/mol. The van der Waals surface area contributed by atoms with E-state index in [9.17, 15) is 0 Å². The monoisotopic (exact) mass is 283 g/mol. The van der Waals surface area contributed by atoms with Crippen LogP contribution in [0.4, 0.5) is 5.69 Å². The molecule has 0 saturated carbocycles. The molecule has 0 radical (unpaired) electrons. The topological polar surface area (TPSA) is 37.0 Å². The molecule has 0 bridgehead atoms. The molecule has 0 fully saturated rings. The van der Waals surface area contributed by atoms with Gasteiger partial charge in [-0.15, -0.1) is 11.8 Å². The number of aromatic nitrogens is 1. The molecule has 0 aliphatic rings. The van der Waals surface area contributed by atoms with Gasteiger partial charge >= 0.3 is 0 Å². The highest BCUT2D eigenvalue weighted by molar-refractivity contribution is 7.98. The molecule has 5 heteroatoms. The van der Waals surface area contributed by atoms with Gasteiger partial charge in [-0.1, -0.05) is 20.8 Å². The van der Waals surface area contributed by atoms with Gasteiger partial charge in [0.2, 0.25) is 0 Å². The van der Waals surface area contributed by atoms with Crippen LogP contribution in [0.3, 0.4) is 0 Å². The Kier molecular flexibility index (Phi) is 5.41. The zero-order chi connectivity index (χ0) is 13.8. The number of rotatable bonds is 3. The summed E-state index contributed by atoms with van der Waals surface area (Å²) in [6.07, 6.45) is 3.80. The zero-order valence-corrected chi connectivity index (χ0v) is 13.2. The van der Waals surface area contributed by atoms with Crippen molar-refractivity contribution in [3.05, 3.63) is 18.3 Å². The van der Waals surface area contributed by atoms with Crippen molar-refractivity contribution in [1.29, 1.82) is 0 Å². The Bertz CT molecular complexity index is 396. The molecule has 0 spiro atoms. The summed E-state index contributed by atoms with van der Waals surface area (Å²) in [6, 6.07) is 4.26. The maximum absolute atomic E-state index is 5.29. The van der Waals surface area contributed by atoms with Crippen molar-refractivity contribution in [1.82, 2.24) is 10.3 Å². The Balaban J connectivity index is 2.54. The molecule has 3 nitrogen and oxygen atoms in total. The van der Waals surface area contributed by atoms with Gasteiger partial charge in [-0.2, -0.15) is 0 Å². The fraction of sp³-hybridized carbons (Fsp3) is 0.538. The van der Waals surface area contributed by atoms with Gasteiger partial charge in [0.1, 0.15) is 0 Å². The second-order valence-corrected chi connectivity index (χ2v) is 6.51. The van der Waals surface area contributed by atoms with Crippen LogP contribution in [0, 0.1) is 5.41 Å². The van der Waals surface area contributed by atoms with Crippen molar-refractivity contribution in [2.24, 2.45) is 5.41 Å². The smallest absolute Gasteiger partial charge is 0.171 e. The van der Waals surface area contributed by atoms with Crippen LogP contribution in [0.5, 0.6) is 0 Å². The van der Waals surface area contributed by atoms with Gasteiger partial charge in [-0.25, -0.2) is 4.98 Å². The first-order valence-electron chi connectivity index (χ1n) is 5.90. The van der Waals surface area contributed by atoms with E-state index in [1.54, 1.807) is 18.0 Å². The predicted octanol–water partition coefficient (Wildman–Crippen LogP) is 3.52. The number of thioether (sulfide) groups is 1. The summed E-state index contributed by atoms with van der Waals surface area (Å²) in [5.41, 5.74) is 1.08. The van der Waals surface area contributed by atoms with E-state index in [-0.39, 0.29) is 5.41 Å². The molecule has 1 atom stereocenters. The van der Waals surface area contributed by atoms with Crippen molar-refractivity contribution >= 4 is 34.8 Å². The van der Waals surface area contributed by atoms with Crippen molar-refractivity contribution in [3.63, 3.8) is 0 Å². The van der Waals surface area contributed by atoms with Crippen molar-refractivity contribution < 1.29 is 0 Å². The van der Waals surface area contributed by atoms with Crippen LogP contribution in [0.1, 0.15) is 27.7 Å². The van der Waals surface area contributed by atoms with Gasteiger partial charge in [-0.3, -0.25) is 0 Å². The third-order valence-corrected chi connectivity index (χ3v) is 3.73. The highest BCUT2D eigenvalue weighted by Gasteiger charge is 2.20. The summed E-state index contributed by atoms with van der Waals surface area (Å²) >= 11 is 6.91. The molecular weight excluding hydrogens is 262 g/mol. The van der Waals surface area contributed by atoms with Crippen LogP contribution in [0.2, 0.25) is 0 Å². The Hall–Kier alpha value is -0.810. The van der Waals surface area contributed by atoms with E-state index in [4.69, 9.17) is 12.2 Å².